The molecule has 0 unspecified atom stereocenters. The van der Waals surface area contributed by atoms with Crippen LogP contribution in [0.5, 0.6) is 0 Å². The highest BCUT2D eigenvalue weighted by molar-refractivity contribution is 5.46. The lowest BCUT2D eigenvalue weighted by atomic mass is 10.1. The van der Waals surface area contributed by atoms with E-state index in [1.165, 1.54) is 25.0 Å². The molecule has 1 aliphatic rings. The van der Waals surface area contributed by atoms with Crippen molar-refractivity contribution in [2.75, 3.05) is 44.7 Å². The molecule has 24 heavy (non-hydrogen) atoms. The number of unbranched alkanes of at least 4 members (excludes halogenated alkanes) is 2. The van der Waals surface area contributed by atoms with Gasteiger partial charge in [-0.15, -0.1) is 6.58 Å². The van der Waals surface area contributed by atoms with Crippen LogP contribution in [0.25, 0.3) is 0 Å². The zero-order valence-electron chi connectivity index (χ0n) is 14.9. The summed E-state index contributed by atoms with van der Waals surface area (Å²) in [5.41, 5.74) is 1.11. The maximum Gasteiger partial charge on any atom is 0.123 e. The minimum atomic E-state index is -0.173. The largest absolute Gasteiger partial charge is 0.378 e. The van der Waals surface area contributed by atoms with Crippen molar-refractivity contribution >= 4 is 5.69 Å². The molecule has 0 N–H and O–H groups in total. The molecule has 3 nitrogen and oxygen atoms in total. The first-order valence-electron chi connectivity index (χ1n) is 9.10. The number of halogens is 1. The number of benzene rings is 1. The van der Waals surface area contributed by atoms with Gasteiger partial charge in [-0.25, -0.2) is 4.39 Å². The standard InChI is InChI=1S/C20H31FN2O/c1-3-13-22(2)14-5-4-6-17-24-20-11-15-23(16-12-20)19-9-7-18(21)8-10-19/h3,7-10,20H,1,4-6,11-17H2,2H3. The Balaban J connectivity index is 1.53. The molecule has 1 heterocycles. The quantitative estimate of drug-likeness (QED) is 0.473. The van der Waals surface area contributed by atoms with Gasteiger partial charge in [-0.1, -0.05) is 6.08 Å². The summed E-state index contributed by atoms with van der Waals surface area (Å²) >= 11 is 0. The SMILES string of the molecule is C=CCN(C)CCCCCOC1CCN(c2ccc(F)cc2)CC1. The van der Waals surface area contributed by atoms with E-state index < -0.39 is 0 Å². The Bertz CT molecular complexity index is 469. The van der Waals surface area contributed by atoms with Crippen molar-refractivity contribution in [2.45, 2.75) is 38.2 Å². The number of hydrogen-bond donors (Lipinski definition) is 0. The van der Waals surface area contributed by atoms with Gasteiger partial charge in [0.25, 0.3) is 0 Å². The van der Waals surface area contributed by atoms with Crippen LogP contribution in [0.1, 0.15) is 32.1 Å². The van der Waals surface area contributed by atoms with Gasteiger partial charge in [-0.05, 0) is 70.0 Å². The molecule has 0 saturated carbocycles. The third-order valence-corrected chi connectivity index (χ3v) is 4.61. The van der Waals surface area contributed by atoms with E-state index in [0.29, 0.717) is 6.10 Å². The van der Waals surface area contributed by atoms with Crippen LogP contribution in [-0.2, 0) is 4.74 Å². The molecule has 1 aliphatic heterocycles. The number of nitrogens with zero attached hydrogens (tertiary/aromatic N) is 2. The van der Waals surface area contributed by atoms with Crippen LogP contribution in [0.4, 0.5) is 10.1 Å². The minimum Gasteiger partial charge on any atom is -0.378 e. The molecule has 2 rings (SSSR count). The summed E-state index contributed by atoms with van der Waals surface area (Å²) in [4.78, 5) is 4.60. The molecule has 1 fully saturated rings. The molecular formula is C20H31FN2O. The molecule has 0 atom stereocenters. The zero-order chi connectivity index (χ0) is 17.2. The van der Waals surface area contributed by atoms with E-state index >= 15 is 0 Å². The second-order valence-corrected chi connectivity index (χ2v) is 6.65. The summed E-state index contributed by atoms with van der Waals surface area (Å²) in [6, 6.07) is 6.79. The van der Waals surface area contributed by atoms with Crippen molar-refractivity contribution in [1.29, 1.82) is 0 Å². The monoisotopic (exact) mass is 334 g/mol. The molecule has 0 aromatic heterocycles. The lowest BCUT2D eigenvalue weighted by Crippen LogP contribution is -2.37. The molecule has 134 valence electrons. The fourth-order valence-corrected chi connectivity index (χ4v) is 3.15. The normalized spacial score (nSPS) is 15.9. The fraction of sp³-hybridized carbons (Fsp3) is 0.600. The fourth-order valence-electron chi connectivity index (χ4n) is 3.15. The highest BCUT2D eigenvalue weighted by Gasteiger charge is 2.19. The van der Waals surface area contributed by atoms with Crippen LogP contribution in [-0.4, -0.2) is 50.8 Å². The molecule has 0 amide bonds. The van der Waals surface area contributed by atoms with Gasteiger partial charge in [0.05, 0.1) is 6.10 Å². The molecule has 0 spiro atoms. The molecule has 1 aromatic carbocycles. The maximum absolute atomic E-state index is 13.0. The number of likely N-dealkylation sites (N-methyl/N-ethyl adjacent to an activating group) is 1. The predicted molar refractivity (Wildman–Crippen MR) is 99.1 cm³/mol. The highest BCUT2D eigenvalue weighted by atomic mass is 19.1. The minimum absolute atomic E-state index is 0.173. The van der Waals surface area contributed by atoms with Crippen molar-refractivity contribution in [3.8, 4) is 0 Å². The third kappa shape index (κ3) is 6.62. The van der Waals surface area contributed by atoms with Crippen molar-refractivity contribution in [3.63, 3.8) is 0 Å². The van der Waals surface area contributed by atoms with Gasteiger partial charge in [0.15, 0.2) is 0 Å². The van der Waals surface area contributed by atoms with Crippen molar-refractivity contribution in [1.82, 2.24) is 4.90 Å². The van der Waals surface area contributed by atoms with Gasteiger partial charge >= 0.3 is 0 Å². The molecule has 4 heteroatoms. The summed E-state index contributed by atoms with van der Waals surface area (Å²) in [6.07, 6.45) is 8.01. The van der Waals surface area contributed by atoms with Gasteiger partial charge < -0.3 is 14.5 Å². The highest BCUT2D eigenvalue weighted by Crippen LogP contribution is 2.21. The Hall–Kier alpha value is -1.39. The van der Waals surface area contributed by atoms with E-state index in [9.17, 15) is 4.39 Å². The zero-order valence-corrected chi connectivity index (χ0v) is 14.9. The second kappa shape index (κ2) is 10.5. The van der Waals surface area contributed by atoms with E-state index in [4.69, 9.17) is 4.74 Å². The van der Waals surface area contributed by atoms with Gasteiger partial charge in [-0.3, -0.25) is 0 Å². The Morgan fingerprint density at radius 3 is 2.58 bits per heavy atom. The lowest BCUT2D eigenvalue weighted by molar-refractivity contribution is 0.0346. The van der Waals surface area contributed by atoms with Crippen LogP contribution in [0, 0.1) is 5.82 Å². The molecule has 1 aromatic rings. The van der Waals surface area contributed by atoms with E-state index in [1.807, 2.05) is 18.2 Å². The van der Waals surface area contributed by atoms with Gasteiger partial charge in [-0.2, -0.15) is 0 Å². The predicted octanol–water partition coefficient (Wildman–Crippen LogP) is 4.10. The Kier molecular flexibility index (Phi) is 8.26. The van der Waals surface area contributed by atoms with Crippen LogP contribution in [0.3, 0.4) is 0 Å². The number of rotatable bonds is 10. The summed E-state index contributed by atoms with van der Waals surface area (Å²) in [6.45, 7) is 8.69. The van der Waals surface area contributed by atoms with Crippen molar-refractivity contribution in [2.24, 2.45) is 0 Å². The molecule has 0 radical (unpaired) electrons. The smallest absolute Gasteiger partial charge is 0.123 e. The maximum atomic E-state index is 13.0. The Morgan fingerprint density at radius 2 is 1.92 bits per heavy atom. The second-order valence-electron chi connectivity index (χ2n) is 6.65. The molecule has 1 saturated heterocycles. The van der Waals surface area contributed by atoms with Crippen LogP contribution < -0.4 is 4.90 Å². The van der Waals surface area contributed by atoms with E-state index in [0.717, 1.165) is 57.7 Å². The van der Waals surface area contributed by atoms with Crippen LogP contribution in [0.2, 0.25) is 0 Å². The van der Waals surface area contributed by atoms with Gasteiger partial charge in [0, 0.05) is 31.9 Å². The summed E-state index contributed by atoms with van der Waals surface area (Å²) < 4.78 is 19.0. The first kappa shape index (κ1) is 18.9. The van der Waals surface area contributed by atoms with Crippen LogP contribution in [0.15, 0.2) is 36.9 Å². The molecule has 0 aliphatic carbocycles. The third-order valence-electron chi connectivity index (χ3n) is 4.61. The number of anilines is 1. The topological polar surface area (TPSA) is 15.7 Å². The Morgan fingerprint density at radius 1 is 1.21 bits per heavy atom. The Labute approximate surface area is 146 Å². The van der Waals surface area contributed by atoms with Crippen LogP contribution >= 0.6 is 0 Å². The number of ether oxygens (including phenoxy) is 1. The first-order valence-corrected chi connectivity index (χ1v) is 9.10. The average Bonchev–Trinajstić information content (AvgIpc) is 2.59. The number of hydrogen-bond acceptors (Lipinski definition) is 3. The number of piperidine rings is 1. The van der Waals surface area contributed by atoms with E-state index in [1.54, 1.807) is 0 Å². The van der Waals surface area contributed by atoms with E-state index in [2.05, 4.69) is 23.4 Å². The average molecular weight is 334 g/mol. The summed E-state index contributed by atoms with van der Waals surface area (Å²) in [7, 11) is 2.13. The molecule has 0 bridgehead atoms. The van der Waals surface area contributed by atoms with Crippen molar-refractivity contribution < 1.29 is 9.13 Å². The van der Waals surface area contributed by atoms with E-state index in [-0.39, 0.29) is 5.82 Å². The van der Waals surface area contributed by atoms with Gasteiger partial charge in [0.1, 0.15) is 5.82 Å². The van der Waals surface area contributed by atoms with Gasteiger partial charge in [0.2, 0.25) is 0 Å². The first-order chi connectivity index (χ1) is 11.7. The molecular weight excluding hydrogens is 303 g/mol. The summed E-state index contributed by atoms with van der Waals surface area (Å²) in [5.74, 6) is -0.173. The van der Waals surface area contributed by atoms with Crippen molar-refractivity contribution in [3.05, 3.63) is 42.7 Å². The lowest BCUT2D eigenvalue weighted by Gasteiger charge is -2.33. The summed E-state index contributed by atoms with van der Waals surface area (Å²) in [5, 5.41) is 0.